The van der Waals surface area contributed by atoms with Gasteiger partial charge in [0.15, 0.2) is 0 Å². The molecule has 0 aromatic heterocycles. The summed E-state index contributed by atoms with van der Waals surface area (Å²) in [6.45, 7) is 3.24. The summed E-state index contributed by atoms with van der Waals surface area (Å²) in [5.74, 6) is 3.28. The van der Waals surface area contributed by atoms with Gasteiger partial charge >= 0.3 is 0 Å². The zero-order valence-electron chi connectivity index (χ0n) is 15.8. The molecule has 1 aliphatic carbocycles. The van der Waals surface area contributed by atoms with Gasteiger partial charge in [-0.2, -0.15) is 11.8 Å². The Balaban J connectivity index is 1.16. The molecule has 1 aromatic carbocycles. The number of likely N-dealkylation sites (tertiary alicyclic amines) is 1. The van der Waals surface area contributed by atoms with Crippen molar-refractivity contribution in [1.29, 1.82) is 0 Å². The molecule has 0 radical (unpaired) electrons. The number of carbonyl (C=O) groups is 1. The lowest BCUT2D eigenvalue weighted by atomic mass is 9.89. The van der Waals surface area contributed by atoms with Gasteiger partial charge in [-0.3, -0.25) is 4.79 Å². The van der Waals surface area contributed by atoms with E-state index in [-0.39, 0.29) is 0 Å². The number of benzene rings is 1. The number of aryl methyl sites for hydroxylation is 1. The van der Waals surface area contributed by atoms with Crippen LogP contribution in [-0.2, 0) is 11.2 Å². The molecule has 1 amide bonds. The highest BCUT2D eigenvalue weighted by molar-refractivity contribution is 7.99. The largest absolute Gasteiger partial charge is 0.356 e. The highest BCUT2D eigenvalue weighted by atomic mass is 32.2. The van der Waals surface area contributed by atoms with Crippen molar-refractivity contribution in [1.82, 2.24) is 10.2 Å². The van der Waals surface area contributed by atoms with Gasteiger partial charge in [0.25, 0.3) is 0 Å². The molecule has 3 fully saturated rings. The first kappa shape index (κ1) is 18.4. The number of nitrogens with one attached hydrogen (secondary N) is 1. The van der Waals surface area contributed by atoms with Crippen LogP contribution in [0.1, 0.15) is 44.1 Å². The van der Waals surface area contributed by atoms with Gasteiger partial charge in [-0.1, -0.05) is 30.3 Å². The highest BCUT2D eigenvalue weighted by Crippen LogP contribution is 2.59. The van der Waals surface area contributed by atoms with Gasteiger partial charge in [-0.25, -0.2) is 0 Å². The first-order valence-electron chi connectivity index (χ1n) is 10.4. The van der Waals surface area contributed by atoms with Crippen molar-refractivity contribution >= 4 is 17.7 Å². The molecule has 2 saturated heterocycles. The van der Waals surface area contributed by atoms with E-state index < -0.39 is 0 Å². The first-order valence-corrected chi connectivity index (χ1v) is 11.6. The lowest BCUT2D eigenvalue weighted by molar-refractivity contribution is -0.123. The summed E-state index contributed by atoms with van der Waals surface area (Å²) in [6.07, 6.45) is 8.41. The fourth-order valence-electron chi connectivity index (χ4n) is 4.93. The Bertz CT molecular complexity index is 591. The van der Waals surface area contributed by atoms with Gasteiger partial charge in [0.05, 0.1) is 0 Å². The van der Waals surface area contributed by atoms with Crippen LogP contribution < -0.4 is 5.32 Å². The summed E-state index contributed by atoms with van der Waals surface area (Å²) in [6, 6.07) is 11.4. The molecular weight excluding hydrogens is 340 g/mol. The van der Waals surface area contributed by atoms with Crippen LogP contribution in [0.5, 0.6) is 0 Å². The Kier molecular flexibility index (Phi) is 5.90. The van der Waals surface area contributed by atoms with E-state index in [9.17, 15) is 4.79 Å². The summed E-state index contributed by atoms with van der Waals surface area (Å²) in [7, 11) is 0. The Morgan fingerprint density at radius 3 is 2.62 bits per heavy atom. The fourth-order valence-corrected chi connectivity index (χ4v) is 6.01. The second kappa shape index (κ2) is 8.35. The summed E-state index contributed by atoms with van der Waals surface area (Å²) in [4.78, 5) is 15.3. The Hall–Kier alpha value is -1.00. The molecule has 142 valence electrons. The van der Waals surface area contributed by atoms with Crippen molar-refractivity contribution in [2.45, 2.75) is 51.0 Å². The van der Waals surface area contributed by atoms with Gasteiger partial charge in [0, 0.05) is 18.5 Å². The predicted octanol–water partition coefficient (Wildman–Crippen LogP) is 3.73. The standard InChI is InChI=1S/C22H32N2OS/c25-21(23-12-4-7-18-5-2-1-3-6-18)20-17-22(20)10-13-24(14-11-22)19-8-15-26-16-9-19/h1-3,5-6,19-20H,4,7-17H2,(H,23,25)/t20-/m0/s1. The van der Waals surface area contributed by atoms with Crippen molar-refractivity contribution in [3.63, 3.8) is 0 Å². The van der Waals surface area contributed by atoms with Crippen molar-refractivity contribution in [2.24, 2.45) is 11.3 Å². The molecule has 1 N–H and O–H groups in total. The summed E-state index contributed by atoms with van der Waals surface area (Å²) in [5.41, 5.74) is 1.71. The zero-order chi connectivity index (χ0) is 17.8. The second-order valence-electron chi connectivity index (χ2n) is 8.38. The maximum Gasteiger partial charge on any atom is 0.223 e. The van der Waals surface area contributed by atoms with Crippen molar-refractivity contribution < 1.29 is 4.79 Å². The number of amides is 1. The molecule has 3 nitrogen and oxygen atoms in total. The third-order valence-corrected chi connectivity index (χ3v) is 7.84. The maximum atomic E-state index is 12.5. The monoisotopic (exact) mass is 372 g/mol. The molecule has 2 heterocycles. The van der Waals surface area contributed by atoms with Crippen LogP contribution >= 0.6 is 11.8 Å². The van der Waals surface area contributed by atoms with Crippen LogP contribution in [0.15, 0.2) is 30.3 Å². The minimum Gasteiger partial charge on any atom is -0.356 e. The van der Waals surface area contributed by atoms with Crippen LogP contribution in [0, 0.1) is 11.3 Å². The van der Waals surface area contributed by atoms with Crippen molar-refractivity contribution in [2.75, 3.05) is 31.1 Å². The van der Waals surface area contributed by atoms with Crippen LogP contribution in [0.3, 0.4) is 0 Å². The smallest absolute Gasteiger partial charge is 0.223 e. The van der Waals surface area contributed by atoms with Gasteiger partial charge in [-0.05, 0) is 80.5 Å². The molecule has 0 bridgehead atoms. The molecule has 4 rings (SSSR count). The average molecular weight is 373 g/mol. The van der Waals surface area contributed by atoms with E-state index in [4.69, 9.17) is 0 Å². The lowest BCUT2D eigenvalue weighted by Gasteiger charge is -2.39. The number of hydrogen-bond acceptors (Lipinski definition) is 3. The zero-order valence-corrected chi connectivity index (χ0v) is 16.6. The van der Waals surface area contributed by atoms with Gasteiger partial charge in [0.2, 0.25) is 5.91 Å². The van der Waals surface area contributed by atoms with Crippen LogP contribution in [0.25, 0.3) is 0 Å². The lowest BCUT2D eigenvalue weighted by Crippen LogP contribution is -2.44. The van der Waals surface area contributed by atoms with Crippen LogP contribution in [0.4, 0.5) is 0 Å². The molecule has 1 saturated carbocycles. The van der Waals surface area contributed by atoms with Crippen LogP contribution in [0.2, 0.25) is 0 Å². The topological polar surface area (TPSA) is 32.3 Å². The third kappa shape index (κ3) is 4.28. The number of rotatable bonds is 6. The van der Waals surface area contributed by atoms with E-state index in [1.54, 1.807) is 0 Å². The number of hydrogen-bond donors (Lipinski definition) is 1. The third-order valence-electron chi connectivity index (χ3n) is 6.79. The van der Waals surface area contributed by atoms with E-state index in [0.29, 0.717) is 17.2 Å². The first-order chi connectivity index (χ1) is 12.8. The van der Waals surface area contributed by atoms with Crippen molar-refractivity contribution in [3.8, 4) is 0 Å². The minimum atomic E-state index is 0.295. The van der Waals surface area contributed by atoms with E-state index in [2.05, 4.69) is 52.3 Å². The summed E-state index contributed by atoms with van der Waals surface area (Å²) >= 11 is 2.11. The highest BCUT2D eigenvalue weighted by Gasteiger charge is 2.58. The number of carbonyl (C=O) groups excluding carboxylic acids is 1. The number of thioether (sulfide) groups is 1. The molecule has 0 unspecified atom stereocenters. The van der Waals surface area contributed by atoms with Gasteiger partial charge in [0.1, 0.15) is 0 Å². The normalized spacial score (nSPS) is 25.9. The Labute approximate surface area is 162 Å². The molecular formula is C22H32N2OS. The molecule has 1 atom stereocenters. The summed E-state index contributed by atoms with van der Waals surface area (Å²) < 4.78 is 0. The molecule has 26 heavy (non-hydrogen) atoms. The van der Waals surface area contributed by atoms with E-state index in [1.807, 2.05) is 0 Å². The predicted molar refractivity (Wildman–Crippen MR) is 109 cm³/mol. The summed E-state index contributed by atoms with van der Waals surface area (Å²) in [5, 5.41) is 3.21. The maximum absolute atomic E-state index is 12.5. The Morgan fingerprint density at radius 2 is 1.88 bits per heavy atom. The van der Waals surface area contributed by atoms with E-state index in [1.165, 1.54) is 55.8 Å². The molecule has 2 aliphatic heterocycles. The Morgan fingerprint density at radius 1 is 1.15 bits per heavy atom. The average Bonchev–Trinajstić information content (AvgIpc) is 3.40. The SMILES string of the molecule is O=C(NCCCc1ccccc1)[C@@H]1CC12CCN(C1CCSCC1)CC2. The molecule has 1 aromatic rings. The fraction of sp³-hybridized carbons (Fsp3) is 0.682. The quantitative estimate of drug-likeness (QED) is 0.772. The molecule has 3 aliphatic rings. The second-order valence-corrected chi connectivity index (χ2v) is 9.60. The van der Waals surface area contributed by atoms with E-state index in [0.717, 1.165) is 31.8 Å². The minimum absolute atomic E-state index is 0.295. The number of nitrogens with zero attached hydrogens (tertiary/aromatic N) is 1. The van der Waals surface area contributed by atoms with Gasteiger partial charge < -0.3 is 10.2 Å². The van der Waals surface area contributed by atoms with E-state index >= 15 is 0 Å². The molecule has 4 heteroatoms. The van der Waals surface area contributed by atoms with Gasteiger partial charge in [-0.15, -0.1) is 0 Å². The molecule has 1 spiro atoms. The van der Waals surface area contributed by atoms with Crippen molar-refractivity contribution in [3.05, 3.63) is 35.9 Å². The number of piperidine rings is 1. The van der Waals surface area contributed by atoms with Crippen LogP contribution in [-0.4, -0.2) is 48.0 Å².